The molecule has 0 saturated carbocycles. The predicted octanol–water partition coefficient (Wildman–Crippen LogP) is 1.27. The number of aromatic nitrogens is 2. The molecule has 1 aromatic heterocycles. The zero-order valence-electron chi connectivity index (χ0n) is 10.6. The standard InChI is InChI=1S/C13H12N4O2S/c18-11(17-6-5-14-13(17)19)8-20-12-10-4-2-1-3-9(10)7-15-16-12/h1-4,7H,5-6,8H2,(H,14,19). The van der Waals surface area contributed by atoms with Crippen LogP contribution in [0.2, 0.25) is 0 Å². The van der Waals surface area contributed by atoms with E-state index in [9.17, 15) is 9.59 Å². The van der Waals surface area contributed by atoms with Gasteiger partial charge >= 0.3 is 6.03 Å². The number of thioether (sulfide) groups is 1. The monoisotopic (exact) mass is 288 g/mol. The van der Waals surface area contributed by atoms with Gasteiger partial charge in [-0.1, -0.05) is 36.0 Å². The highest BCUT2D eigenvalue weighted by Crippen LogP contribution is 2.24. The molecule has 1 aliphatic rings. The van der Waals surface area contributed by atoms with Crippen molar-refractivity contribution in [2.75, 3.05) is 18.8 Å². The molecular formula is C13H12N4O2S. The van der Waals surface area contributed by atoms with Crippen molar-refractivity contribution in [1.82, 2.24) is 20.4 Å². The minimum absolute atomic E-state index is 0.177. The molecule has 20 heavy (non-hydrogen) atoms. The van der Waals surface area contributed by atoms with Gasteiger partial charge < -0.3 is 5.32 Å². The summed E-state index contributed by atoms with van der Waals surface area (Å²) in [4.78, 5) is 24.6. The van der Waals surface area contributed by atoms with Crippen molar-refractivity contribution in [2.45, 2.75) is 5.03 Å². The van der Waals surface area contributed by atoms with Crippen LogP contribution in [0.25, 0.3) is 10.8 Å². The van der Waals surface area contributed by atoms with Crippen molar-refractivity contribution in [1.29, 1.82) is 0 Å². The van der Waals surface area contributed by atoms with E-state index >= 15 is 0 Å². The van der Waals surface area contributed by atoms with E-state index < -0.39 is 0 Å². The predicted molar refractivity (Wildman–Crippen MR) is 75.4 cm³/mol. The first-order valence-electron chi connectivity index (χ1n) is 6.17. The molecule has 1 saturated heterocycles. The molecule has 1 fully saturated rings. The van der Waals surface area contributed by atoms with Crippen LogP contribution >= 0.6 is 11.8 Å². The number of benzene rings is 1. The smallest absolute Gasteiger partial charge is 0.324 e. The van der Waals surface area contributed by atoms with Crippen LogP contribution < -0.4 is 5.32 Å². The number of carbonyl (C=O) groups excluding carboxylic acids is 2. The van der Waals surface area contributed by atoms with E-state index in [1.54, 1.807) is 6.20 Å². The largest absolute Gasteiger partial charge is 0.336 e. The lowest BCUT2D eigenvalue weighted by atomic mass is 10.2. The zero-order chi connectivity index (χ0) is 13.9. The van der Waals surface area contributed by atoms with Gasteiger partial charge in [0.05, 0.1) is 11.9 Å². The highest BCUT2D eigenvalue weighted by molar-refractivity contribution is 8.00. The van der Waals surface area contributed by atoms with Crippen LogP contribution in [0.4, 0.5) is 4.79 Å². The maximum atomic E-state index is 12.0. The Morgan fingerprint density at radius 2 is 2.25 bits per heavy atom. The Balaban J connectivity index is 1.74. The molecule has 7 heteroatoms. The van der Waals surface area contributed by atoms with E-state index in [1.165, 1.54) is 16.7 Å². The molecule has 0 radical (unpaired) electrons. The summed E-state index contributed by atoms with van der Waals surface area (Å²) < 4.78 is 0. The molecule has 0 aliphatic carbocycles. The normalized spacial score (nSPS) is 14.6. The number of nitrogens with zero attached hydrogens (tertiary/aromatic N) is 3. The summed E-state index contributed by atoms with van der Waals surface area (Å²) in [7, 11) is 0. The molecule has 1 aliphatic heterocycles. The molecular weight excluding hydrogens is 276 g/mol. The second-order valence-electron chi connectivity index (χ2n) is 4.30. The molecule has 0 bridgehead atoms. The molecule has 0 spiro atoms. The number of amides is 3. The molecule has 1 N–H and O–H groups in total. The van der Waals surface area contributed by atoms with E-state index in [0.717, 1.165) is 10.8 Å². The first-order chi connectivity index (χ1) is 9.75. The van der Waals surface area contributed by atoms with Gasteiger partial charge in [0.1, 0.15) is 5.03 Å². The number of hydrogen-bond acceptors (Lipinski definition) is 5. The van der Waals surface area contributed by atoms with Gasteiger partial charge in [-0.05, 0) is 0 Å². The molecule has 0 unspecified atom stereocenters. The third-order valence-corrected chi connectivity index (χ3v) is 3.99. The number of hydrogen-bond donors (Lipinski definition) is 1. The summed E-state index contributed by atoms with van der Waals surface area (Å²) >= 11 is 1.30. The second-order valence-corrected chi connectivity index (χ2v) is 5.27. The molecule has 2 aromatic rings. The summed E-state index contributed by atoms with van der Waals surface area (Å²) in [5.74, 6) is -0.0319. The summed E-state index contributed by atoms with van der Waals surface area (Å²) in [5, 5.41) is 13.3. The topological polar surface area (TPSA) is 75.2 Å². The van der Waals surface area contributed by atoms with E-state index in [1.807, 2.05) is 24.3 Å². The van der Waals surface area contributed by atoms with Crippen molar-refractivity contribution >= 4 is 34.5 Å². The highest BCUT2D eigenvalue weighted by atomic mass is 32.2. The van der Waals surface area contributed by atoms with Crippen LogP contribution in [-0.2, 0) is 4.79 Å². The molecule has 3 amide bonds. The highest BCUT2D eigenvalue weighted by Gasteiger charge is 2.26. The first-order valence-corrected chi connectivity index (χ1v) is 7.16. The fraction of sp³-hybridized carbons (Fsp3) is 0.231. The molecule has 6 nitrogen and oxygen atoms in total. The number of urea groups is 1. The van der Waals surface area contributed by atoms with Crippen LogP contribution in [-0.4, -0.2) is 45.9 Å². The lowest BCUT2D eigenvalue weighted by Gasteiger charge is -2.11. The minimum Gasteiger partial charge on any atom is -0.336 e. The van der Waals surface area contributed by atoms with Crippen LogP contribution in [0.15, 0.2) is 35.5 Å². The Hall–Kier alpha value is -2.15. The lowest BCUT2D eigenvalue weighted by molar-refractivity contribution is -0.124. The SMILES string of the molecule is O=C(CSc1nncc2ccccc12)N1CCNC1=O. The van der Waals surface area contributed by atoms with Crippen LogP contribution in [0, 0.1) is 0 Å². The van der Waals surface area contributed by atoms with Crippen molar-refractivity contribution in [3.05, 3.63) is 30.5 Å². The van der Waals surface area contributed by atoms with Gasteiger partial charge in [0, 0.05) is 23.9 Å². The van der Waals surface area contributed by atoms with Gasteiger partial charge in [-0.15, -0.1) is 5.10 Å². The van der Waals surface area contributed by atoms with Crippen molar-refractivity contribution in [2.24, 2.45) is 0 Å². The van der Waals surface area contributed by atoms with Crippen LogP contribution in [0.1, 0.15) is 0 Å². The number of carbonyl (C=O) groups is 2. The third-order valence-electron chi connectivity index (χ3n) is 3.03. The average molecular weight is 288 g/mol. The summed E-state index contributed by atoms with van der Waals surface area (Å²) in [6.07, 6.45) is 1.69. The molecule has 2 heterocycles. The molecule has 0 atom stereocenters. The van der Waals surface area contributed by atoms with E-state index in [2.05, 4.69) is 15.5 Å². The summed E-state index contributed by atoms with van der Waals surface area (Å²) in [6.45, 7) is 0.947. The number of fused-ring (bicyclic) bond motifs is 1. The zero-order valence-corrected chi connectivity index (χ0v) is 11.4. The first kappa shape index (κ1) is 12.9. The van der Waals surface area contributed by atoms with Gasteiger partial charge in [0.2, 0.25) is 5.91 Å². The third kappa shape index (κ3) is 2.44. The maximum absolute atomic E-state index is 12.0. The van der Waals surface area contributed by atoms with Gasteiger partial charge in [0.15, 0.2) is 0 Å². The van der Waals surface area contributed by atoms with E-state index in [0.29, 0.717) is 18.1 Å². The summed E-state index contributed by atoms with van der Waals surface area (Å²) in [5.41, 5.74) is 0. The van der Waals surface area contributed by atoms with Crippen molar-refractivity contribution < 1.29 is 9.59 Å². The quantitative estimate of drug-likeness (QED) is 0.861. The Labute approximate surface area is 119 Å². The second kappa shape index (κ2) is 5.46. The number of imide groups is 1. The number of nitrogens with one attached hydrogen (secondary N) is 1. The van der Waals surface area contributed by atoms with Crippen molar-refractivity contribution in [3.63, 3.8) is 0 Å². The Kier molecular flexibility index (Phi) is 3.51. The van der Waals surface area contributed by atoms with Crippen LogP contribution in [0.3, 0.4) is 0 Å². The lowest BCUT2D eigenvalue weighted by Crippen LogP contribution is -2.35. The Bertz CT molecular complexity index is 671. The van der Waals surface area contributed by atoms with Crippen molar-refractivity contribution in [3.8, 4) is 0 Å². The van der Waals surface area contributed by atoms with E-state index in [4.69, 9.17) is 0 Å². The van der Waals surface area contributed by atoms with Gasteiger partial charge in [-0.3, -0.25) is 9.69 Å². The Morgan fingerprint density at radius 3 is 3.05 bits per heavy atom. The minimum atomic E-state index is -0.320. The molecule has 102 valence electrons. The van der Waals surface area contributed by atoms with Crippen LogP contribution in [0.5, 0.6) is 0 Å². The van der Waals surface area contributed by atoms with E-state index in [-0.39, 0.29) is 17.7 Å². The maximum Gasteiger partial charge on any atom is 0.324 e. The molecule has 3 rings (SSSR count). The molecule has 1 aromatic carbocycles. The van der Waals surface area contributed by atoms with Gasteiger partial charge in [-0.25, -0.2) is 4.79 Å². The van der Waals surface area contributed by atoms with Gasteiger partial charge in [-0.2, -0.15) is 5.10 Å². The fourth-order valence-corrected chi connectivity index (χ4v) is 2.89. The summed E-state index contributed by atoms with van der Waals surface area (Å²) in [6, 6.07) is 7.42. The average Bonchev–Trinajstić information content (AvgIpc) is 2.91. The number of rotatable bonds is 3. The fourth-order valence-electron chi connectivity index (χ4n) is 2.03. The Morgan fingerprint density at radius 1 is 1.40 bits per heavy atom. The van der Waals surface area contributed by atoms with Gasteiger partial charge in [0.25, 0.3) is 0 Å².